The van der Waals surface area contributed by atoms with Crippen LogP contribution in [0.3, 0.4) is 0 Å². The van der Waals surface area contributed by atoms with E-state index < -0.39 is 23.4 Å². The monoisotopic (exact) mass is 578 g/mol. The van der Waals surface area contributed by atoms with Gasteiger partial charge in [0, 0.05) is 32.5 Å². The van der Waals surface area contributed by atoms with E-state index in [1.165, 1.54) is 0 Å². The maximum Gasteiger partial charge on any atom is 0.238 e. The Morgan fingerprint density at radius 1 is 0.829 bits per heavy atom. The Kier molecular flexibility index (Phi) is 5.93. The van der Waals surface area contributed by atoms with Crippen LogP contribution in [0.5, 0.6) is 0 Å². The van der Waals surface area contributed by atoms with Crippen LogP contribution < -0.4 is 10.2 Å². The number of hydrogen-bond acceptors (Lipinski definition) is 4. The van der Waals surface area contributed by atoms with Gasteiger partial charge in [-0.15, -0.1) is 0 Å². The number of fused-ring (bicyclic) bond motifs is 6. The highest BCUT2D eigenvalue weighted by atomic mass is 35.5. The molecule has 0 radical (unpaired) electrons. The maximum absolute atomic E-state index is 14.7. The number of ketones is 2. The van der Waals surface area contributed by atoms with Gasteiger partial charge in [0.1, 0.15) is 11.5 Å². The van der Waals surface area contributed by atoms with Crippen LogP contribution in [0.15, 0.2) is 97.1 Å². The van der Waals surface area contributed by atoms with Gasteiger partial charge in [0.25, 0.3) is 0 Å². The Balaban J connectivity index is 1.53. The number of Topliss-reactive ketones (excluding diaryl/α,β-unsaturated/α-hetero) is 2. The fourth-order valence-electron chi connectivity index (χ4n) is 6.88. The first-order valence-electron chi connectivity index (χ1n) is 13.4. The number of nitrogens with zero attached hydrogens (tertiary/aromatic N) is 1. The normalized spacial score (nSPS) is 23.6. The van der Waals surface area contributed by atoms with Gasteiger partial charge in [-0.3, -0.25) is 14.4 Å². The molecule has 3 heterocycles. The number of amides is 1. The van der Waals surface area contributed by atoms with Crippen molar-refractivity contribution >= 4 is 58.1 Å². The average Bonchev–Trinajstić information content (AvgIpc) is 3.45. The SMILES string of the molecule is Cc1ccc2c(c1)C=C[C@@H]1N2[C@H](C(=O)c2ccc(Cl)cc2)[C@@H](C(=O)c2ccc(Cl)cc2)[C@@]12C(=O)Nc1ccccc12. The lowest BCUT2D eigenvalue weighted by Crippen LogP contribution is -2.51. The Hall–Kier alpha value is -4.19. The van der Waals surface area contributed by atoms with Crippen LogP contribution in [0, 0.1) is 12.8 Å². The minimum Gasteiger partial charge on any atom is -0.352 e. The van der Waals surface area contributed by atoms with Crippen LogP contribution in [0.4, 0.5) is 11.4 Å². The molecule has 1 spiro atoms. The number of anilines is 2. The molecule has 0 saturated carbocycles. The van der Waals surface area contributed by atoms with Crippen LogP contribution in [0.25, 0.3) is 6.08 Å². The van der Waals surface area contributed by atoms with Crippen molar-refractivity contribution < 1.29 is 14.4 Å². The van der Waals surface area contributed by atoms with E-state index in [9.17, 15) is 14.4 Å². The highest BCUT2D eigenvalue weighted by Gasteiger charge is 2.70. The van der Waals surface area contributed by atoms with Crippen LogP contribution in [-0.2, 0) is 10.2 Å². The van der Waals surface area contributed by atoms with Crippen molar-refractivity contribution in [3.8, 4) is 0 Å². The molecule has 1 saturated heterocycles. The van der Waals surface area contributed by atoms with Gasteiger partial charge >= 0.3 is 0 Å². The van der Waals surface area contributed by atoms with Gasteiger partial charge in [-0.1, -0.05) is 65.2 Å². The summed E-state index contributed by atoms with van der Waals surface area (Å²) >= 11 is 12.3. The van der Waals surface area contributed by atoms with Gasteiger partial charge in [0.15, 0.2) is 11.6 Å². The van der Waals surface area contributed by atoms with E-state index in [0.29, 0.717) is 32.4 Å². The van der Waals surface area contributed by atoms with Crippen molar-refractivity contribution in [3.63, 3.8) is 0 Å². The summed E-state index contributed by atoms with van der Waals surface area (Å²) < 4.78 is 0. The molecule has 1 fully saturated rings. The molecule has 4 aromatic carbocycles. The lowest BCUT2D eigenvalue weighted by molar-refractivity contribution is -0.121. The molecule has 7 heteroatoms. The molecule has 0 unspecified atom stereocenters. The fraction of sp³-hybridized carbons (Fsp3) is 0.147. The molecule has 7 rings (SSSR count). The molecule has 1 amide bonds. The van der Waals surface area contributed by atoms with E-state index in [1.54, 1.807) is 48.5 Å². The van der Waals surface area contributed by atoms with Gasteiger partial charge in [-0.05, 0) is 84.8 Å². The molecule has 3 aliphatic rings. The van der Waals surface area contributed by atoms with E-state index in [-0.39, 0.29) is 17.5 Å². The number of hydrogen-bond donors (Lipinski definition) is 1. The molecule has 202 valence electrons. The first-order chi connectivity index (χ1) is 19.8. The molecule has 1 N–H and O–H groups in total. The van der Waals surface area contributed by atoms with Crippen LogP contribution in [0.1, 0.15) is 37.4 Å². The average molecular weight is 579 g/mol. The van der Waals surface area contributed by atoms with Crippen LogP contribution in [-0.4, -0.2) is 29.6 Å². The third-order valence-corrected chi connectivity index (χ3v) is 9.10. The van der Waals surface area contributed by atoms with Crippen molar-refractivity contribution in [1.29, 1.82) is 0 Å². The topological polar surface area (TPSA) is 66.5 Å². The zero-order chi connectivity index (χ0) is 28.5. The molecular weight excluding hydrogens is 555 g/mol. The predicted molar refractivity (Wildman–Crippen MR) is 162 cm³/mol. The Labute approximate surface area is 247 Å². The van der Waals surface area contributed by atoms with E-state index in [1.807, 2.05) is 60.4 Å². The molecule has 4 aromatic rings. The molecule has 0 bridgehead atoms. The first kappa shape index (κ1) is 25.8. The Bertz CT molecular complexity index is 1780. The summed E-state index contributed by atoms with van der Waals surface area (Å²) in [5.74, 6) is -1.89. The number of halogens is 2. The number of benzene rings is 4. The first-order valence-corrected chi connectivity index (χ1v) is 14.1. The third kappa shape index (κ3) is 3.73. The number of carbonyl (C=O) groups is 3. The van der Waals surface area contributed by atoms with Crippen LogP contribution in [0.2, 0.25) is 10.0 Å². The van der Waals surface area contributed by atoms with Crippen molar-refractivity contribution in [2.24, 2.45) is 5.92 Å². The number of carbonyl (C=O) groups excluding carboxylic acids is 3. The van der Waals surface area contributed by atoms with Crippen molar-refractivity contribution in [2.75, 3.05) is 10.2 Å². The fourth-order valence-corrected chi connectivity index (χ4v) is 7.13. The number of para-hydroxylation sites is 1. The van der Waals surface area contributed by atoms with Gasteiger partial charge in [0.2, 0.25) is 5.91 Å². The summed E-state index contributed by atoms with van der Waals surface area (Å²) in [6, 6.07) is 25.2. The minimum atomic E-state index is -1.36. The Morgan fingerprint density at radius 2 is 1.46 bits per heavy atom. The number of nitrogens with one attached hydrogen (secondary N) is 1. The molecule has 41 heavy (non-hydrogen) atoms. The zero-order valence-electron chi connectivity index (χ0n) is 22.0. The van der Waals surface area contributed by atoms with Gasteiger partial charge < -0.3 is 10.2 Å². The second-order valence-electron chi connectivity index (χ2n) is 10.8. The van der Waals surface area contributed by atoms with Crippen molar-refractivity contribution in [3.05, 3.63) is 135 Å². The summed E-state index contributed by atoms with van der Waals surface area (Å²) in [6.45, 7) is 2.01. The second-order valence-corrected chi connectivity index (χ2v) is 11.7. The number of aryl methyl sites for hydroxylation is 1. The van der Waals surface area contributed by atoms with E-state index in [0.717, 1.165) is 16.8 Å². The zero-order valence-corrected chi connectivity index (χ0v) is 23.5. The number of rotatable bonds is 4. The third-order valence-electron chi connectivity index (χ3n) is 8.60. The largest absolute Gasteiger partial charge is 0.352 e. The molecule has 4 atom stereocenters. The quantitative estimate of drug-likeness (QED) is 0.261. The second kappa shape index (κ2) is 9.44. The van der Waals surface area contributed by atoms with E-state index >= 15 is 0 Å². The summed E-state index contributed by atoms with van der Waals surface area (Å²) in [5, 5.41) is 4.04. The lowest BCUT2D eigenvalue weighted by atomic mass is 9.64. The molecular formula is C34H24Cl2N2O3. The lowest BCUT2D eigenvalue weighted by Gasteiger charge is -2.37. The summed E-state index contributed by atoms with van der Waals surface area (Å²) in [4.78, 5) is 45.7. The summed E-state index contributed by atoms with van der Waals surface area (Å²) in [5.41, 5.74) is 3.60. The van der Waals surface area contributed by atoms with Gasteiger partial charge in [-0.25, -0.2) is 0 Å². The van der Waals surface area contributed by atoms with E-state index in [2.05, 4.69) is 11.4 Å². The molecule has 5 nitrogen and oxygen atoms in total. The highest BCUT2D eigenvalue weighted by molar-refractivity contribution is 6.31. The summed E-state index contributed by atoms with van der Waals surface area (Å²) in [7, 11) is 0. The highest BCUT2D eigenvalue weighted by Crippen LogP contribution is 2.58. The van der Waals surface area contributed by atoms with Gasteiger partial charge in [0.05, 0.1) is 12.0 Å². The molecule has 0 aliphatic carbocycles. The molecule has 0 aromatic heterocycles. The van der Waals surface area contributed by atoms with Crippen molar-refractivity contribution in [1.82, 2.24) is 0 Å². The minimum absolute atomic E-state index is 0.255. The van der Waals surface area contributed by atoms with Crippen molar-refractivity contribution in [2.45, 2.75) is 24.4 Å². The van der Waals surface area contributed by atoms with Crippen LogP contribution >= 0.6 is 23.2 Å². The standard InChI is InChI=1S/C34H24Cl2N2O3/c1-19-6-16-27-22(18-19)11-17-28-34(25-4-2-3-5-26(25)37-33(34)41)29(31(39)20-7-12-23(35)13-8-20)30(38(27)28)32(40)21-9-14-24(36)15-10-21/h2-18,28-30H,1H3,(H,37,41)/t28-,29-,30-,34-/m0/s1. The predicted octanol–water partition coefficient (Wildman–Crippen LogP) is 7.16. The van der Waals surface area contributed by atoms with E-state index in [4.69, 9.17) is 23.2 Å². The Morgan fingerprint density at radius 3 is 2.15 bits per heavy atom. The molecule has 3 aliphatic heterocycles. The van der Waals surface area contributed by atoms with Gasteiger partial charge in [-0.2, -0.15) is 0 Å². The summed E-state index contributed by atoms with van der Waals surface area (Å²) in [6.07, 6.45) is 3.97. The maximum atomic E-state index is 14.7. The smallest absolute Gasteiger partial charge is 0.238 e.